The third-order valence-electron chi connectivity index (χ3n) is 4.57. The Morgan fingerprint density at radius 3 is 2.21 bits per heavy atom. The van der Waals surface area contributed by atoms with Crippen molar-refractivity contribution in [2.24, 2.45) is 0 Å². The first-order valence-electron chi connectivity index (χ1n) is 9.45. The number of carbonyl (C=O) groups is 1. The lowest BCUT2D eigenvalue weighted by atomic mass is 10.1. The third kappa shape index (κ3) is 6.53. The Morgan fingerprint density at radius 2 is 1.61 bits per heavy atom. The normalized spacial score (nSPS) is 12.9. The first-order valence-corrected chi connectivity index (χ1v) is 11.3. The number of anilines is 1. The number of rotatable bonds is 7. The van der Waals surface area contributed by atoms with E-state index in [-0.39, 0.29) is 16.3 Å². The summed E-state index contributed by atoms with van der Waals surface area (Å²) < 4.78 is 81.1. The van der Waals surface area contributed by atoms with E-state index < -0.39 is 45.2 Å². The summed E-state index contributed by atoms with van der Waals surface area (Å²) in [5.41, 5.74) is -1.19. The van der Waals surface area contributed by atoms with Crippen molar-refractivity contribution >= 4 is 33.2 Å². The van der Waals surface area contributed by atoms with Crippen LogP contribution in [-0.2, 0) is 27.4 Å². The van der Waals surface area contributed by atoms with Crippen molar-refractivity contribution in [3.63, 3.8) is 0 Å². The van der Waals surface area contributed by atoms with Crippen LogP contribution in [0, 0.1) is 5.82 Å². The molecule has 1 amide bonds. The Balaban J connectivity index is 1.93. The number of nitrogens with one attached hydrogen (secondary N) is 2. The number of sulfonamides is 1. The first kappa shape index (κ1) is 24.7. The van der Waals surface area contributed by atoms with Gasteiger partial charge >= 0.3 is 6.18 Å². The lowest BCUT2D eigenvalue weighted by Gasteiger charge is -2.20. The Kier molecular flexibility index (Phi) is 7.41. The van der Waals surface area contributed by atoms with Crippen LogP contribution in [-0.4, -0.2) is 20.4 Å². The first-order chi connectivity index (χ1) is 15.5. The van der Waals surface area contributed by atoms with E-state index in [4.69, 9.17) is 11.6 Å². The summed E-state index contributed by atoms with van der Waals surface area (Å²) in [6, 6.07) is 13.5. The topological polar surface area (TPSA) is 75.3 Å². The van der Waals surface area contributed by atoms with E-state index >= 15 is 0 Å². The highest BCUT2D eigenvalue weighted by atomic mass is 35.5. The second-order valence-electron chi connectivity index (χ2n) is 6.99. The molecule has 0 aliphatic heterocycles. The molecular formula is C22H17ClF4N2O3S. The molecular weight excluding hydrogens is 484 g/mol. The summed E-state index contributed by atoms with van der Waals surface area (Å²) in [6.07, 6.45) is -4.96. The van der Waals surface area contributed by atoms with E-state index in [9.17, 15) is 30.8 Å². The molecule has 5 nitrogen and oxygen atoms in total. The van der Waals surface area contributed by atoms with Crippen LogP contribution >= 0.6 is 11.6 Å². The highest BCUT2D eigenvalue weighted by molar-refractivity contribution is 7.89. The lowest BCUT2D eigenvalue weighted by molar-refractivity contribution is -0.137. The monoisotopic (exact) mass is 500 g/mol. The minimum atomic E-state index is -4.81. The van der Waals surface area contributed by atoms with Crippen LogP contribution in [0.5, 0.6) is 0 Å². The van der Waals surface area contributed by atoms with Crippen molar-refractivity contribution in [1.29, 1.82) is 0 Å². The second-order valence-corrected chi connectivity index (χ2v) is 9.14. The molecule has 1 atom stereocenters. The molecule has 0 aromatic heterocycles. The van der Waals surface area contributed by atoms with E-state index in [1.54, 1.807) is 30.3 Å². The summed E-state index contributed by atoms with van der Waals surface area (Å²) in [5, 5.41) is 1.96. The molecule has 1 unspecified atom stereocenters. The smallest absolute Gasteiger partial charge is 0.324 e. The molecule has 3 aromatic carbocycles. The molecule has 174 valence electrons. The van der Waals surface area contributed by atoms with E-state index in [1.165, 1.54) is 6.07 Å². The van der Waals surface area contributed by atoms with Crippen LogP contribution in [0.15, 0.2) is 77.7 Å². The van der Waals surface area contributed by atoms with E-state index in [2.05, 4.69) is 10.0 Å². The number of halogens is 5. The molecule has 11 heteroatoms. The van der Waals surface area contributed by atoms with Gasteiger partial charge < -0.3 is 5.32 Å². The molecule has 0 bridgehead atoms. The van der Waals surface area contributed by atoms with Gasteiger partial charge in [-0.2, -0.15) is 17.9 Å². The molecule has 3 aromatic rings. The average Bonchev–Trinajstić information content (AvgIpc) is 2.74. The Hall–Kier alpha value is -2.95. The van der Waals surface area contributed by atoms with Crippen LogP contribution in [0.25, 0.3) is 0 Å². The molecule has 0 saturated carbocycles. The van der Waals surface area contributed by atoms with Gasteiger partial charge in [0.1, 0.15) is 11.9 Å². The number of benzene rings is 3. The quantitative estimate of drug-likeness (QED) is 0.447. The van der Waals surface area contributed by atoms with Crippen molar-refractivity contribution < 1.29 is 30.8 Å². The van der Waals surface area contributed by atoms with Gasteiger partial charge in [0.15, 0.2) is 0 Å². The predicted molar refractivity (Wildman–Crippen MR) is 116 cm³/mol. The number of carbonyl (C=O) groups excluding carboxylic acids is 1. The SMILES string of the molecule is O=C(Nc1ccc(Cl)cc1C(F)(F)F)C(Cc1ccccc1)NS(=O)(=O)c1ccc(F)cc1. The maximum Gasteiger partial charge on any atom is 0.418 e. The Morgan fingerprint density at radius 1 is 0.970 bits per heavy atom. The number of amides is 1. The molecule has 0 spiro atoms. The van der Waals surface area contributed by atoms with Crippen molar-refractivity contribution in [3.05, 3.63) is 94.8 Å². The zero-order valence-corrected chi connectivity index (χ0v) is 18.3. The molecule has 0 aliphatic rings. The van der Waals surface area contributed by atoms with Crippen molar-refractivity contribution in [2.45, 2.75) is 23.5 Å². The van der Waals surface area contributed by atoms with Gasteiger partial charge in [-0.25, -0.2) is 12.8 Å². The highest BCUT2D eigenvalue weighted by Crippen LogP contribution is 2.36. The van der Waals surface area contributed by atoms with Crippen LogP contribution in [0.4, 0.5) is 23.2 Å². The van der Waals surface area contributed by atoms with Crippen LogP contribution in [0.2, 0.25) is 5.02 Å². The fourth-order valence-electron chi connectivity index (χ4n) is 2.99. The van der Waals surface area contributed by atoms with Crippen LogP contribution < -0.4 is 10.0 Å². The minimum Gasteiger partial charge on any atom is -0.324 e. The molecule has 0 saturated heterocycles. The summed E-state index contributed by atoms with van der Waals surface area (Å²) in [5.74, 6) is -1.67. The maximum atomic E-state index is 13.4. The molecule has 0 aliphatic carbocycles. The van der Waals surface area contributed by atoms with Gasteiger partial charge in [0.2, 0.25) is 15.9 Å². The molecule has 0 heterocycles. The predicted octanol–water partition coefficient (Wildman–Crippen LogP) is 5.03. The van der Waals surface area contributed by atoms with Gasteiger partial charge in [0.05, 0.1) is 16.1 Å². The van der Waals surface area contributed by atoms with Gasteiger partial charge in [-0.1, -0.05) is 41.9 Å². The standard InChI is InChI=1S/C22H17ClF4N2O3S/c23-15-6-11-19(18(13-15)22(25,26)27)28-21(30)20(12-14-4-2-1-3-5-14)29-33(31,32)17-9-7-16(24)8-10-17/h1-11,13,20,29H,12H2,(H,28,30). The fourth-order valence-corrected chi connectivity index (χ4v) is 4.35. The zero-order chi connectivity index (χ0) is 24.2. The summed E-state index contributed by atoms with van der Waals surface area (Å²) in [4.78, 5) is 12.6. The number of alkyl halides is 3. The zero-order valence-electron chi connectivity index (χ0n) is 16.7. The Bertz CT molecular complexity index is 1230. The van der Waals surface area contributed by atoms with Crippen LogP contribution in [0.3, 0.4) is 0 Å². The second kappa shape index (κ2) is 9.90. The van der Waals surface area contributed by atoms with Gasteiger partial charge in [-0.3, -0.25) is 4.79 Å². The molecule has 0 fully saturated rings. The van der Waals surface area contributed by atoms with Crippen molar-refractivity contribution in [1.82, 2.24) is 4.72 Å². The van der Waals surface area contributed by atoms with Gasteiger partial charge in [0, 0.05) is 5.02 Å². The van der Waals surface area contributed by atoms with Gasteiger partial charge in [-0.15, -0.1) is 0 Å². The highest BCUT2D eigenvalue weighted by Gasteiger charge is 2.35. The average molecular weight is 501 g/mol. The Labute approximate surface area is 192 Å². The van der Waals surface area contributed by atoms with Crippen molar-refractivity contribution in [3.8, 4) is 0 Å². The molecule has 0 radical (unpaired) electrons. The largest absolute Gasteiger partial charge is 0.418 e. The van der Waals surface area contributed by atoms with Gasteiger partial charge in [-0.05, 0) is 54.4 Å². The van der Waals surface area contributed by atoms with Crippen LogP contribution in [0.1, 0.15) is 11.1 Å². The summed E-state index contributed by atoms with van der Waals surface area (Å²) in [6.45, 7) is 0. The number of hydrogen-bond donors (Lipinski definition) is 2. The minimum absolute atomic E-state index is 0.151. The van der Waals surface area contributed by atoms with Gasteiger partial charge in [0.25, 0.3) is 0 Å². The molecule has 2 N–H and O–H groups in total. The van der Waals surface area contributed by atoms with E-state index in [1.807, 2.05) is 0 Å². The third-order valence-corrected chi connectivity index (χ3v) is 6.29. The number of hydrogen-bond acceptors (Lipinski definition) is 3. The molecule has 33 heavy (non-hydrogen) atoms. The maximum absolute atomic E-state index is 13.4. The molecule has 3 rings (SSSR count). The van der Waals surface area contributed by atoms with Crippen molar-refractivity contribution in [2.75, 3.05) is 5.32 Å². The fraction of sp³-hybridized carbons (Fsp3) is 0.136. The summed E-state index contributed by atoms with van der Waals surface area (Å²) >= 11 is 5.66. The van der Waals surface area contributed by atoms with E-state index in [0.717, 1.165) is 30.3 Å². The summed E-state index contributed by atoms with van der Waals surface area (Å²) in [7, 11) is -4.30. The lowest BCUT2D eigenvalue weighted by Crippen LogP contribution is -2.45. The van der Waals surface area contributed by atoms with E-state index in [0.29, 0.717) is 11.6 Å².